The summed E-state index contributed by atoms with van der Waals surface area (Å²) in [5.41, 5.74) is 0.913. The smallest absolute Gasteiger partial charge is 0.410 e. The highest BCUT2D eigenvalue weighted by Crippen LogP contribution is 2.34. The fraction of sp³-hybridized carbons (Fsp3) is 0.417. The van der Waals surface area contributed by atoms with Crippen molar-refractivity contribution >= 4 is 40.9 Å². The van der Waals surface area contributed by atoms with E-state index >= 15 is 0 Å². The molecule has 1 aliphatic rings. The van der Waals surface area contributed by atoms with Gasteiger partial charge in [0.05, 0.1) is 16.6 Å². The van der Waals surface area contributed by atoms with E-state index in [9.17, 15) is 9.59 Å². The number of halogens is 2. The van der Waals surface area contributed by atoms with E-state index in [1.165, 1.54) is 4.90 Å². The topological polar surface area (TPSA) is 59.1 Å². The number of hydrogen-bond acceptors (Lipinski definition) is 4. The van der Waals surface area contributed by atoms with Gasteiger partial charge >= 0.3 is 6.09 Å². The molecule has 0 atom stereocenters. The zero-order chi connectivity index (χ0) is 23.5. The standard InChI is InChI=1S/C24H28Cl2N2O4/c1-24(2,3)32-23(30)27(4)15-16-13-17(28-12-6-5-7-22(28)29)8-11-21(16)31-18-9-10-19(25)20(26)14-18/h8-11,13-14H,5-7,12,15H2,1-4H3. The summed E-state index contributed by atoms with van der Waals surface area (Å²) in [6.45, 7) is 6.37. The molecule has 8 heteroatoms. The number of benzene rings is 2. The molecule has 1 fully saturated rings. The number of amides is 2. The van der Waals surface area contributed by atoms with Crippen LogP contribution in [-0.4, -0.2) is 36.1 Å². The van der Waals surface area contributed by atoms with Crippen molar-refractivity contribution in [3.63, 3.8) is 0 Å². The third kappa shape index (κ3) is 6.30. The van der Waals surface area contributed by atoms with E-state index in [2.05, 4.69) is 0 Å². The summed E-state index contributed by atoms with van der Waals surface area (Å²) in [6, 6.07) is 10.6. The summed E-state index contributed by atoms with van der Waals surface area (Å²) in [7, 11) is 1.66. The van der Waals surface area contributed by atoms with Gasteiger partial charge in [-0.1, -0.05) is 23.2 Å². The molecule has 2 amide bonds. The zero-order valence-corrected chi connectivity index (χ0v) is 20.3. The van der Waals surface area contributed by atoms with Gasteiger partial charge in [0, 0.05) is 37.3 Å². The summed E-state index contributed by atoms with van der Waals surface area (Å²) in [6.07, 6.45) is 1.95. The number of carbonyl (C=O) groups excluding carboxylic acids is 2. The molecule has 172 valence electrons. The first kappa shape index (κ1) is 24.2. The SMILES string of the molecule is CN(Cc1cc(N2CCCCC2=O)ccc1Oc1ccc(Cl)c(Cl)c1)C(=O)OC(C)(C)C. The van der Waals surface area contributed by atoms with E-state index < -0.39 is 11.7 Å². The monoisotopic (exact) mass is 478 g/mol. The van der Waals surface area contributed by atoms with Gasteiger partial charge in [-0.15, -0.1) is 0 Å². The van der Waals surface area contributed by atoms with E-state index in [-0.39, 0.29) is 12.5 Å². The summed E-state index contributed by atoms with van der Waals surface area (Å²) >= 11 is 12.1. The second kappa shape index (κ2) is 10.0. The Morgan fingerprint density at radius 2 is 1.84 bits per heavy atom. The molecule has 0 N–H and O–H groups in total. The minimum absolute atomic E-state index is 0.0980. The molecule has 2 aromatic rings. The van der Waals surface area contributed by atoms with Crippen LogP contribution >= 0.6 is 23.2 Å². The van der Waals surface area contributed by atoms with Gasteiger partial charge in [-0.2, -0.15) is 0 Å². The number of nitrogens with zero attached hydrogens (tertiary/aromatic N) is 2. The first-order chi connectivity index (χ1) is 15.0. The van der Waals surface area contributed by atoms with Gasteiger partial charge < -0.3 is 19.3 Å². The van der Waals surface area contributed by atoms with Crippen molar-refractivity contribution in [1.82, 2.24) is 4.90 Å². The van der Waals surface area contributed by atoms with Crippen molar-refractivity contribution < 1.29 is 19.1 Å². The maximum atomic E-state index is 12.5. The molecular formula is C24H28Cl2N2O4. The van der Waals surface area contributed by atoms with Crippen LogP contribution in [0, 0.1) is 0 Å². The highest BCUT2D eigenvalue weighted by molar-refractivity contribution is 6.42. The molecule has 0 aromatic heterocycles. The fourth-order valence-electron chi connectivity index (χ4n) is 3.36. The van der Waals surface area contributed by atoms with Crippen LogP contribution < -0.4 is 9.64 Å². The Labute approximate surface area is 199 Å². The third-order valence-electron chi connectivity index (χ3n) is 4.91. The Bertz CT molecular complexity index is 1000. The van der Waals surface area contributed by atoms with Gasteiger partial charge in [0.1, 0.15) is 17.1 Å². The van der Waals surface area contributed by atoms with Gasteiger partial charge in [0.15, 0.2) is 0 Å². The highest BCUT2D eigenvalue weighted by Gasteiger charge is 2.23. The maximum Gasteiger partial charge on any atom is 0.410 e. The zero-order valence-electron chi connectivity index (χ0n) is 18.8. The molecule has 0 aliphatic carbocycles. The van der Waals surface area contributed by atoms with Crippen LogP contribution in [0.25, 0.3) is 0 Å². The molecular weight excluding hydrogens is 451 g/mol. The molecule has 1 aliphatic heterocycles. The molecule has 0 radical (unpaired) electrons. The number of ether oxygens (including phenoxy) is 2. The van der Waals surface area contributed by atoms with Crippen molar-refractivity contribution in [3.8, 4) is 11.5 Å². The summed E-state index contributed by atoms with van der Waals surface area (Å²) in [5, 5.41) is 0.815. The largest absolute Gasteiger partial charge is 0.457 e. The van der Waals surface area contributed by atoms with Crippen molar-refractivity contribution in [2.75, 3.05) is 18.5 Å². The lowest BCUT2D eigenvalue weighted by Gasteiger charge is -2.28. The molecule has 0 spiro atoms. The fourth-order valence-corrected chi connectivity index (χ4v) is 3.65. The van der Waals surface area contributed by atoms with Gasteiger partial charge in [-0.25, -0.2) is 4.79 Å². The lowest BCUT2D eigenvalue weighted by molar-refractivity contribution is -0.119. The lowest BCUT2D eigenvalue weighted by atomic mass is 10.1. The second-order valence-electron chi connectivity index (χ2n) is 8.81. The molecule has 1 heterocycles. The first-order valence-electron chi connectivity index (χ1n) is 10.5. The Morgan fingerprint density at radius 1 is 1.09 bits per heavy atom. The van der Waals surface area contributed by atoms with E-state index in [1.807, 2.05) is 32.9 Å². The van der Waals surface area contributed by atoms with Crippen molar-refractivity contribution in [2.24, 2.45) is 0 Å². The summed E-state index contributed by atoms with van der Waals surface area (Å²) in [5.74, 6) is 1.16. The minimum atomic E-state index is -0.604. The molecule has 0 bridgehead atoms. The lowest BCUT2D eigenvalue weighted by Crippen LogP contribution is -2.35. The quantitative estimate of drug-likeness (QED) is 0.481. The van der Waals surface area contributed by atoms with Crippen LogP contribution in [0.15, 0.2) is 36.4 Å². The molecule has 1 saturated heterocycles. The minimum Gasteiger partial charge on any atom is -0.457 e. The molecule has 2 aromatic carbocycles. The van der Waals surface area contributed by atoms with Gasteiger partial charge in [-0.3, -0.25) is 4.79 Å². The van der Waals surface area contributed by atoms with Crippen LogP contribution in [0.1, 0.15) is 45.6 Å². The second-order valence-corrected chi connectivity index (χ2v) is 9.62. The normalized spacial score (nSPS) is 14.3. The molecule has 32 heavy (non-hydrogen) atoms. The first-order valence-corrected chi connectivity index (χ1v) is 11.3. The Balaban J connectivity index is 1.91. The Hall–Kier alpha value is -2.44. The predicted octanol–water partition coefficient (Wildman–Crippen LogP) is 6.67. The van der Waals surface area contributed by atoms with Crippen molar-refractivity contribution in [2.45, 2.75) is 52.2 Å². The average Bonchev–Trinajstić information content (AvgIpc) is 2.71. The van der Waals surface area contributed by atoms with Crippen LogP contribution in [0.4, 0.5) is 10.5 Å². The van der Waals surface area contributed by atoms with Gasteiger partial charge in [-0.05, 0) is 63.9 Å². The average molecular weight is 479 g/mol. The highest BCUT2D eigenvalue weighted by atomic mass is 35.5. The maximum absolute atomic E-state index is 12.5. The van der Waals surface area contributed by atoms with Crippen molar-refractivity contribution in [3.05, 3.63) is 52.0 Å². The van der Waals surface area contributed by atoms with E-state index in [1.54, 1.807) is 36.2 Å². The summed E-state index contributed by atoms with van der Waals surface area (Å²) < 4.78 is 11.5. The summed E-state index contributed by atoms with van der Waals surface area (Å²) in [4.78, 5) is 28.2. The number of rotatable bonds is 5. The van der Waals surface area contributed by atoms with Gasteiger partial charge in [0.25, 0.3) is 0 Å². The third-order valence-corrected chi connectivity index (χ3v) is 5.65. The van der Waals surface area contributed by atoms with Crippen LogP contribution in [0.2, 0.25) is 10.0 Å². The van der Waals surface area contributed by atoms with E-state index in [4.69, 9.17) is 32.7 Å². The number of carbonyl (C=O) groups is 2. The molecule has 6 nitrogen and oxygen atoms in total. The van der Waals surface area contributed by atoms with Crippen LogP contribution in [0.3, 0.4) is 0 Å². The van der Waals surface area contributed by atoms with Crippen LogP contribution in [-0.2, 0) is 16.1 Å². The molecule has 0 unspecified atom stereocenters. The van der Waals surface area contributed by atoms with E-state index in [0.29, 0.717) is 34.5 Å². The number of anilines is 1. The number of hydrogen-bond donors (Lipinski definition) is 0. The Morgan fingerprint density at radius 3 is 2.50 bits per heavy atom. The van der Waals surface area contributed by atoms with Gasteiger partial charge in [0.2, 0.25) is 5.91 Å². The van der Waals surface area contributed by atoms with E-state index in [0.717, 1.165) is 24.1 Å². The Kier molecular flexibility index (Phi) is 7.57. The predicted molar refractivity (Wildman–Crippen MR) is 127 cm³/mol. The van der Waals surface area contributed by atoms with Crippen LogP contribution in [0.5, 0.6) is 11.5 Å². The van der Waals surface area contributed by atoms with Crippen molar-refractivity contribution in [1.29, 1.82) is 0 Å². The molecule has 0 saturated carbocycles. The number of piperidine rings is 1. The molecule has 3 rings (SSSR count).